The van der Waals surface area contributed by atoms with E-state index in [9.17, 15) is 17.4 Å². The molecule has 13 heteroatoms. The second kappa shape index (κ2) is 9.05. The normalized spacial score (nSPS) is 27.5. The summed E-state index contributed by atoms with van der Waals surface area (Å²) >= 11 is 1.44. The second-order valence-electron chi connectivity index (χ2n) is 4.37. The lowest BCUT2D eigenvalue weighted by molar-refractivity contribution is -0.0590. The molecular formula is C10H11F2IN2O5S3. The highest BCUT2D eigenvalue weighted by Crippen LogP contribution is 2.38. The van der Waals surface area contributed by atoms with Crippen LogP contribution < -0.4 is 11.2 Å². The molecule has 0 spiro atoms. The van der Waals surface area contributed by atoms with Crippen LogP contribution in [0.4, 0.5) is 7.77 Å². The number of hydrogen-bond donors (Lipinski definition) is 0. The highest BCUT2D eigenvalue weighted by molar-refractivity contribution is 14.2. The van der Waals surface area contributed by atoms with E-state index in [2.05, 4.69) is 0 Å². The SMILES string of the molecule is COC1C(SF)C(COSI)OC1n1ccc(=O)n(SF)c1=O. The minimum Gasteiger partial charge on any atom is -0.375 e. The van der Waals surface area contributed by atoms with E-state index < -0.39 is 47.3 Å². The Kier molecular flexibility index (Phi) is 7.68. The van der Waals surface area contributed by atoms with Crippen LogP contribution >= 0.6 is 54.9 Å². The zero-order valence-electron chi connectivity index (χ0n) is 11.5. The monoisotopic (exact) mass is 500 g/mol. The number of halogens is 3. The molecule has 1 aliphatic rings. The van der Waals surface area contributed by atoms with Gasteiger partial charge in [-0.2, -0.15) is 7.86 Å². The Labute approximate surface area is 154 Å². The van der Waals surface area contributed by atoms with Crippen molar-refractivity contribution in [3.05, 3.63) is 33.1 Å². The van der Waals surface area contributed by atoms with Crippen LogP contribution in [-0.2, 0) is 13.7 Å². The molecule has 4 unspecified atom stereocenters. The van der Waals surface area contributed by atoms with Crippen LogP contribution in [0.3, 0.4) is 0 Å². The highest BCUT2D eigenvalue weighted by Gasteiger charge is 2.47. The average Bonchev–Trinajstić information content (AvgIpc) is 2.90. The molecule has 0 N–H and O–H groups in total. The molecule has 0 aliphatic carbocycles. The van der Waals surface area contributed by atoms with Gasteiger partial charge in [-0.1, -0.05) is 0 Å². The largest absolute Gasteiger partial charge is 0.375 e. The number of nitrogens with zero attached hydrogens (tertiary/aromatic N) is 2. The summed E-state index contributed by atoms with van der Waals surface area (Å²) in [5, 5.41) is -0.737. The smallest absolute Gasteiger partial charge is 0.345 e. The molecule has 4 atom stereocenters. The molecule has 1 aromatic heterocycles. The summed E-state index contributed by atoms with van der Waals surface area (Å²) in [5.41, 5.74) is -1.73. The van der Waals surface area contributed by atoms with Crippen molar-refractivity contribution in [3.8, 4) is 0 Å². The molecule has 0 bridgehead atoms. The number of methoxy groups -OCH3 is 1. The second-order valence-corrected chi connectivity index (χ2v) is 7.04. The molecule has 0 amide bonds. The highest BCUT2D eigenvalue weighted by atomic mass is 127. The molecule has 2 rings (SSSR count). The summed E-state index contributed by atoms with van der Waals surface area (Å²) in [6.45, 7) is 0.0812. The maximum atomic E-state index is 13.3. The van der Waals surface area contributed by atoms with Gasteiger partial charge in [-0.15, -0.1) is 3.89 Å². The number of rotatable bonds is 7. The van der Waals surface area contributed by atoms with Crippen LogP contribution in [0.15, 0.2) is 21.9 Å². The third-order valence-electron chi connectivity index (χ3n) is 3.25. The standard InChI is InChI=1S/C10H11F2IN2O5S3/c1-18-7-8(21-11)5(4-19-23-13)20-9(7)14-3-2-6(16)15(22-12)10(14)17/h2-3,5,7-9H,4H2,1H3. The first kappa shape index (κ1) is 19.5. The quantitative estimate of drug-likeness (QED) is 0.418. The van der Waals surface area contributed by atoms with Gasteiger partial charge in [0, 0.05) is 40.6 Å². The summed E-state index contributed by atoms with van der Waals surface area (Å²) in [4.78, 5) is 23.6. The average molecular weight is 500 g/mol. The Balaban J connectivity index is 2.38. The van der Waals surface area contributed by atoms with Gasteiger partial charge in [0.1, 0.15) is 12.2 Å². The Morgan fingerprint density at radius 1 is 1.43 bits per heavy atom. The van der Waals surface area contributed by atoms with Gasteiger partial charge in [0.05, 0.1) is 33.2 Å². The van der Waals surface area contributed by atoms with Crippen LogP contribution in [-0.4, -0.2) is 39.7 Å². The predicted octanol–water partition coefficient (Wildman–Crippen LogP) is 2.30. The summed E-state index contributed by atoms with van der Waals surface area (Å²) in [6, 6.07) is 1.02. The van der Waals surface area contributed by atoms with Crippen molar-refractivity contribution in [3.63, 3.8) is 0 Å². The summed E-state index contributed by atoms with van der Waals surface area (Å²) < 4.78 is 43.5. The van der Waals surface area contributed by atoms with Crippen LogP contribution in [0, 0.1) is 0 Å². The maximum absolute atomic E-state index is 13.3. The van der Waals surface area contributed by atoms with Crippen molar-refractivity contribution in [1.29, 1.82) is 0 Å². The fourth-order valence-corrected chi connectivity index (χ4v) is 3.76. The van der Waals surface area contributed by atoms with Gasteiger partial charge in [-0.25, -0.2) is 4.79 Å². The zero-order chi connectivity index (χ0) is 17.0. The molecule has 1 saturated heterocycles. The Hall–Kier alpha value is 0.200. The topological polar surface area (TPSA) is 71.7 Å². The third-order valence-corrected chi connectivity index (χ3v) is 5.49. The molecule has 1 aromatic rings. The molecule has 7 nitrogen and oxygen atoms in total. The van der Waals surface area contributed by atoms with Crippen LogP contribution in [0.2, 0.25) is 0 Å². The van der Waals surface area contributed by atoms with Crippen molar-refractivity contribution in [2.45, 2.75) is 23.7 Å². The molecule has 0 radical (unpaired) electrons. The first-order valence-corrected chi connectivity index (χ1v) is 10.8. The summed E-state index contributed by atoms with van der Waals surface area (Å²) in [5.74, 6) is 0. The van der Waals surface area contributed by atoms with E-state index in [0.717, 1.165) is 19.8 Å². The first-order valence-electron chi connectivity index (χ1n) is 6.08. The molecule has 1 fully saturated rings. The number of hydrogen-bond acceptors (Lipinski definition) is 8. The fraction of sp³-hybridized carbons (Fsp3) is 0.600. The number of aromatic nitrogens is 2. The van der Waals surface area contributed by atoms with Crippen LogP contribution in [0.1, 0.15) is 6.23 Å². The maximum Gasteiger partial charge on any atom is 0.345 e. The van der Waals surface area contributed by atoms with Gasteiger partial charge in [-0.3, -0.25) is 9.36 Å². The molecule has 0 saturated carbocycles. The fourth-order valence-electron chi connectivity index (χ4n) is 2.25. The molecule has 2 heterocycles. The molecule has 1 aliphatic heterocycles. The zero-order valence-corrected chi connectivity index (χ0v) is 16.1. The van der Waals surface area contributed by atoms with Gasteiger partial charge in [0.2, 0.25) is 0 Å². The van der Waals surface area contributed by atoms with E-state index >= 15 is 0 Å². The van der Waals surface area contributed by atoms with Gasteiger partial charge in [-0.05, 0) is 0 Å². The van der Waals surface area contributed by atoms with Crippen molar-refractivity contribution in [2.24, 2.45) is 0 Å². The number of ether oxygens (including phenoxy) is 2. The van der Waals surface area contributed by atoms with E-state index in [1.54, 1.807) is 0 Å². The van der Waals surface area contributed by atoms with Gasteiger partial charge in [0.15, 0.2) is 18.6 Å². The molecule has 23 heavy (non-hydrogen) atoms. The molecular weight excluding hydrogens is 489 g/mol. The minimum absolute atomic E-state index is 0.0361. The Morgan fingerprint density at radius 2 is 2.17 bits per heavy atom. The Bertz CT molecular complexity index is 648. The third kappa shape index (κ3) is 4.07. The molecule has 130 valence electrons. The van der Waals surface area contributed by atoms with E-state index in [1.807, 2.05) is 21.2 Å². The van der Waals surface area contributed by atoms with Crippen LogP contribution in [0.25, 0.3) is 0 Å². The van der Waals surface area contributed by atoms with E-state index in [0.29, 0.717) is 3.97 Å². The van der Waals surface area contributed by atoms with Gasteiger partial charge < -0.3 is 13.7 Å². The van der Waals surface area contributed by atoms with Crippen molar-refractivity contribution >= 4 is 54.9 Å². The molecule has 0 aromatic carbocycles. The van der Waals surface area contributed by atoms with Gasteiger partial charge >= 0.3 is 5.69 Å². The lowest BCUT2D eigenvalue weighted by Crippen LogP contribution is -2.40. The van der Waals surface area contributed by atoms with E-state index in [4.69, 9.17) is 13.7 Å². The Morgan fingerprint density at radius 3 is 2.74 bits per heavy atom. The summed E-state index contributed by atoms with van der Waals surface area (Å²) in [6.07, 6.45) is -1.32. The van der Waals surface area contributed by atoms with Crippen molar-refractivity contribution < 1.29 is 21.4 Å². The lowest BCUT2D eigenvalue weighted by Gasteiger charge is -2.21. The van der Waals surface area contributed by atoms with E-state index in [-0.39, 0.29) is 18.8 Å². The van der Waals surface area contributed by atoms with Gasteiger partial charge in [0.25, 0.3) is 5.56 Å². The van der Waals surface area contributed by atoms with Crippen molar-refractivity contribution in [1.82, 2.24) is 8.54 Å². The summed E-state index contributed by atoms with van der Waals surface area (Å²) in [7, 11) is 2.42. The minimum atomic E-state index is -1.01. The predicted molar refractivity (Wildman–Crippen MR) is 93.8 cm³/mol. The first-order chi connectivity index (χ1) is 11.1. The van der Waals surface area contributed by atoms with E-state index in [1.165, 1.54) is 13.3 Å². The van der Waals surface area contributed by atoms with Crippen molar-refractivity contribution in [2.75, 3.05) is 13.7 Å². The van der Waals surface area contributed by atoms with Crippen LogP contribution in [0.5, 0.6) is 0 Å². The lowest BCUT2D eigenvalue weighted by atomic mass is 10.2.